The molecule has 0 unspecified atom stereocenters. The molecule has 1 fully saturated rings. The molecule has 0 aromatic rings. The van der Waals surface area contributed by atoms with Crippen molar-refractivity contribution in [1.82, 2.24) is 10.2 Å². The monoisotopic (exact) mass is 244 g/mol. The molecule has 0 spiro atoms. The summed E-state index contributed by atoms with van der Waals surface area (Å²) in [5.41, 5.74) is 0. The number of quaternary nitrogens is 1. The molecule has 1 aliphatic rings. The summed E-state index contributed by atoms with van der Waals surface area (Å²) in [4.78, 5) is 14.0. The highest BCUT2D eigenvalue weighted by atomic mass is 16.5. The summed E-state index contributed by atoms with van der Waals surface area (Å²) in [7, 11) is 0. The molecular formula is C12H26N3O2+. The SMILES string of the molecule is CC(C)NC(=O)C[N+]1(O)CCN(C(C)C)CC1. The lowest BCUT2D eigenvalue weighted by Crippen LogP contribution is -2.61. The Balaban J connectivity index is 2.41. The molecule has 5 nitrogen and oxygen atoms in total. The molecular weight excluding hydrogens is 218 g/mol. The van der Waals surface area contributed by atoms with Crippen molar-refractivity contribution in [2.45, 2.75) is 39.8 Å². The van der Waals surface area contributed by atoms with Crippen molar-refractivity contribution in [2.75, 3.05) is 32.7 Å². The predicted octanol–water partition coefficient (Wildman–Crippen LogP) is 0.441. The Bertz CT molecular complexity index is 258. The lowest BCUT2D eigenvalue weighted by molar-refractivity contribution is -1.10. The van der Waals surface area contributed by atoms with Gasteiger partial charge < -0.3 is 5.32 Å². The first-order valence-electron chi connectivity index (χ1n) is 6.45. The van der Waals surface area contributed by atoms with E-state index < -0.39 is 0 Å². The van der Waals surface area contributed by atoms with E-state index >= 15 is 0 Å². The Morgan fingerprint density at radius 2 is 1.82 bits per heavy atom. The summed E-state index contributed by atoms with van der Waals surface area (Å²) in [5.74, 6) is -0.0690. The van der Waals surface area contributed by atoms with Crippen LogP contribution in [0, 0.1) is 0 Å². The first-order chi connectivity index (χ1) is 7.82. The van der Waals surface area contributed by atoms with Crippen LogP contribution in [0.25, 0.3) is 0 Å². The van der Waals surface area contributed by atoms with Gasteiger partial charge >= 0.3 is 0 Å². The fourth-order valence-electron chi connectivity index (χ4n) is 2.16. The van der Waals surface area contributed by atoms with Crippen molar-refractivity contribution in [3.05, 3.63) is 0 Å². The molecule has 0 bridgehead atoms. The van der Waals surface area contributed by atoms with E-state index in [1.165, 1.54) is 0 Å². The third-order valence-corrected chi connectivity index (χ3v) is 3.22. The Morgan fingerprint density at radius 3 is 2.24 bits per heavy atom. The van der Waals surface area contributed by atoms with Gasteiger partial charge in [0.1, 0.15) is 13.1 Å². The Labute approximate surface area is 104 Å². The molecule has 0 saturated carbocycles. The molecule has 0 aliphatic carbocycles. The number of hydroxylamine groups is 3. The smallest absolute Gasteiger partial charge is 0.278 e. The molecule has 17 heavy (non-hydrogen) atoms. The van der Waals surface area contributed by atoms with Crippen LogP contribution in [0.4, 0.5) is 0 Å². The number of nitrogens with zero attached hydrogens (tertiary/aromatic N) is 2. The number of piperazine rings is 1. The number of nitrogens with one attached hydrogen (secondary N) is 1. The fraction of sp³-hybridized carbons (Fsp3) is 0.917. The number of amides is 1. The van der Waals surface area contributed by atoms with Crippen molar-refractivity contribution in [3.8, 4) is 0 Å². The zero-order chi connectivity index (χ0) is 13.1. The number of carbonyl (C=O) groups is 1. The van der Waals surface area contributed by atoms with Gasteiger partial charge in [-0.1, -0.05) is 0 Å². The van der Waals surface area contributed by atoms with Crippen molar-refractivity contribution >= 4 is 5.91 Å². The molecule has 100 valence electrons. The van der Waals surface area contributed by atoms with Crippen LogP contribution in [0.5, 0.6) is 0 Å². The molecule has 1 saturated heterocycles. The van der Waals surface area contributed by atoms with Gasteiger partial charge in [-0.2, -0.15) is 4.65 Å². The van der Waals surface area contributed by atoms with Crippen LogP contribution in [0.1, 0.15) is 27.7 Å². The second kappa shape index (κ2) is 5.80. The van der Waals surface area contributed by atoms with E-state index in [2.05, 4.69) is 24.1 Å². The van der Waals surface area contributed by atoms with Gasteiger partial charge in [0.25, 0.3) is 5.91 Å². The molecule has 0 radical (unpaired) electrons. The molecule has 1 aliphatic heterocycles. The molecule has 0 aromatic heterocycles. The molecule has 1 amide bonds. The second-order valence-electron chi connectivity index (χ2n) is 5.55. The van der Waals surface area contributed by atoms with Gasteiger partial charge in [-0.15, -0.1) is 0 Å². The average molecular weight is 244 g/mol. The van der Waals surface area contributed by atoms with E-state index in [0.29, 0.717) is 19.1 Å². The summed E-state index contributed by atoms with van der Waals surface area (Å²) >= 11 is 0. The Hall–Kier alpha value is -0.650. The highest BCUT2D eigenvalue weighted by molar-refractivity contribution is 5.77. The van der Waals surface area contributed by atoms with Gasteiger partial charge in [-0.3, -0.25) is 9.69 Å². The minimum atomic E-state index is -0.123. The summed E-state index contributed by atoms with van der Waals surface area (Å²) in [6, 6.07) is 0.638. The van der Waals surface area contributed by atoms with E-state index in [4.69, 9.17) is 0 Å². The standard InChI is InChI=1S/C12H25N3O2/c1-10(2)13-12(16)9-15(17)7-5-14(6-8-15)11(3)4/h10-11,17H,5-9H2,1-4H3/p+1. The number of carbonyl (C=O) groups excluding carboxylic acids is 1. The molecule has 1 heterocycles. The van der Waals surface area contributed by atoms with Crippen molar-refractivity contribution in [1.29, 1.82) is 0 Å². The third kappa shape index (κ3) is 4.61. The minimum Gasteiger partial charge on any atom is -0.349 e. The predicted molar refractivity (Wildman–Crippen MR) is 66.6 cm³/mol. The number of rotatable bonds is 4. The maximum absolute atomic E-state index is 11.6. The van der Waals surface area contributed by atoms with E-state index in [9.17, 15) is 10.0 Å². The van der Waals surface area contributed by atoms with Gasteiger partial charge in [0.05, 0.1) is 13.1 Å². The normalized spacial score (nSPS) is 20.9. The quantitative estimate of drug-likeness (QED) is 0.706. The molecule has 0 aromatic carbocycles. The van der Waals surface area contributed by atoms with E-state index in [1.54, 1.807) is 0 Å². The number of hydrogen-bond donors (Lipinski definition) is 2. The largest absolute Gasteiger partial charge is 0.349 e. The van der Waals surface area contributed by atoms with E-state index in [1.807, 2.05) is 13.8 Å². The summed E-state index contributed by atoms with van der Waals surface area (Å²) < 4.78 is -0.123. The van der Waals surface area contributed by atoms with Gasteiger partial charge in [-0.25, -0.2) is 5.21 Å². The zero-order valence-electron chi connectivity index (χ0n) is 11.4. The Morgan fingerprint density at radius 1 is 1.29 bits per heavy atom. The van der Waals surface area contributed by atoms with Crippen LogP contribution >= 0.6 is 0 Å². The minimum absolute atomic E-state index is 0.0690. The van der Waals surface area contributed by atoms with Gasteiger partial charge in [0.15, 0.2) is 6.54 Å². The maximum atomic E-state index is 11.6. The van der Waals surface area contributed by atoms with Crippen LogP contribution in [0.3, 0.4) is 0 Å². The van der Waals surface area contributed by atoms with E-state index in [0.717, 1.165) is 13.1 Å². The third-order valence-electron chi connectivity index (χ3n) is 3.22. The maximum Gasteiger partial charge on any atom is 0.278 e. The first-order valence-corrected chi connectivity index (χ1v) is 6.45. The van der Waals surface area contributed by atoms with Crippen molar-refractivity contribution in [2.24, 2.45) is 0 Å². The highest BCUT2D eigenvalue weighted by Crippen LogP contribution is 2.11. The van der Waals surface area contributed by atoms with Crippen LogP contribution in [-0.2, 0) is 4.79 Å². The van der Waals surface area contributed by atoms with Crippen molar-refractivity contribution < 1.29 is 14.6 Å². The van der Waals surface area contributed by atoms with Crippen LogP contribution in [0.15, 0.2) is 0 Å². The van der Waals surface area contributed by atoms with Crippen LogP contribution in [-0.4, -0.2) is 65.5 Å². The number of hydrogen-bond acceptors (Lipinski definition) is 3. The lowest BCUT2D eigenvalue weighted by atomic mass is 10.2. The van der Waals surface area contributed by atoms with Crippen LogP contribution < -0.4 is 5.32 Å². The van der Waals surface area contributed by atoms with Gasteiger partial charge in [-0.05, 0) is 27.7 Å². The van der Waals surface area contributed by atoms with Crippen LogP contribution in [0.2, 0.25) is 0 Å². The summed E-state index contributed by atoms with van der Waals surface area (Å²) in [6.45, 7) is 11.3. The highest BCUT2D eigenvalue weighted by Gasteiger charge is 2.34. The zero-order valence-corrected chi connectivity index (χ0v) is 11.4. The van der Waals surface area contributed by atoms with Crippen molar-refractivity contribution in [3.63, 3.8) is 0 Å². The molecule has 2 N–H and O–H groups in total. The molecule has 5 heteroatoms. The fourth-order valence-corrected chi connectivity index (χ4v) is 2.16. The first kappa shape index (κ1) is 14.4. The second-order valence-corrected chi connectivity index (χ2v) is 5.55. The van der Waals surface area contributed by atoms with Gasteiger partial charge in [0.2, 0.25) is 0 Å². The van der Waals surface area contributed by atoms with Gasteiger partial charge in [0, 0.05) is 12.1 Å². The summed E-state index contributed by atoms with van der Waals surface area (Å²) in [5, 5.41) is 13.1. The lowest BCUT2D eigenvalue weighted by Gasteiger charge is -2.39. The molecule has 1 rings (SSSR count). The average Bonchev–Trinajstić information content (AvgIpc) is 2.15. The van der Waals surface area contributed by atoms with E-state index in [-0.39, 0.29) is 23.1 Å². The summed E-state index contributed by atoms with van der Waals surface area (Å²) in [6.07, 6.45) is 0. The topological polar surface area (TPSA) is 52.6 Å². The molecule has 0 atom stereocenters. The Kier molecular flexibility index (Phi) is 4.91.